The van der Waals surface area contributed by atoms with Gasteiger partial charge in [-0.15, -0.1) is 0 Å². The Balaban J connectivity index is 1.61. The molecule has 2 heteroatoms. The van der Waals surface area contributed by atoms with Crippen molar-refractivity contribution < 1.29 is 0 Å². The van der Waals surface area contributed by atoms with E-state index in [1.807, 2.05) is 0 Å². The zero-order chi connectivity index (χ0) is 27.1. The van der Waals surface area contributed by atoms with Crippen molar-refractivity contribution in [2.24, 2.45) is 22.2 Å². The number of nitrogens with zero attached hydrogens (tertiary/aromatic N) is 1. The summed E-state index contributed by atoms with van der Waals surface area (Å²) >= 11 is 0. The maximum Gasteiger partial charge on any atom is 0.123 e. The first-order chi connectivity index (χ1) is 17.1. The molecule has 1 saturated carbocycles. The summed E-state index contributed by atoms with van der Waals surface area (Å²) in [6.07, 6.45) is 6.02. The van der Waals surface area contributed by atoms with Crippen molar-refractivity contribution in [3.63, 3.8) is 0 Å². The average Bonchev–Trinajstić information content (AvgIpc) is 3.12. The molecule has 5 rings (SSSR count). The summed E-state index contributed by atoms with van der Waals surface area (Å²) in [7, 11) is 0. The van der Waals surface area contributed by atoms with Gasteiger partial charge >= 0.3 is 0 Å². The first-order valence-corrected chi connectivity index (χ1v) is 14.6. The van der Waals surface area contributed by atoms with Crippen LogP contribution in [0.5, 0.6) is 0 Å². The molecular formula is C35H48N2. The van der Waals surface area contributed by atoms with Crippen molar-refractivity contribution in [1.29, 1.82) is 5.41 Å². The Kier molecular flexibility index (Phi) is 5.98. The Morgan fingerprint density at radius 1 is 0.757 bits per heavy atom. The van der Waals surface area contributed by atoms with Gasteiger partial charge in [-0.25, -0.2) is 4.99 Å². The molecule has 2 aromatic carbocycles. The topological polar surface area (TPSA) is 36.2 Å². The van der Waals surface area contributed by atoms with E-state index in [0.29, 0.717) is 11.8 Å². The van der Waals surface area contributed by atoms with Crippen molar-refractivity contribution >= 4 is 11.5 Å². The van der Waals surface area contributed by atoms with Gasteiger partial charge in [-0.3, -0.25) is 5.41 Å². The highest BCUT2D eigenvalue weighted by atomic mass is 14.8. The maximum absolute atomic E-state index is 8.79. The number of hydrogen-bond donors (Lipinski definition) is 1. The Hall–Kier alpha value is -2.22. The second kappa shape index (κ2) is 8.39. The SMILES string of the molecule is CC(C)/C(=N\C(=N)C1CCCCC1)c1ccc2c(c1)C(C)(C)c1cc3c(cc1-2)C(C)(C)C(C)(C)C3(C)C. The van der Waals surface area contributed by atoms with Crippen molar-refractivity contribution in [2.75, 3.05) is 0 Å². The Morgan fingerprint density at radius 2 is 1.32 bits per heavy atom. The minimum absolute atomic E-state index is 0.0678. The standard InChI is InChI=1S/C35H48N2/c1-21(2)30(37-31(36)22-14-12-11-13-15-22)23-16-17-24-25-19-28-29(20-27(25)32(3,4)26(24)18-23)34(7,8)35(9,10)33(28,5)6/h16-22,36H,11-15H2,1-10H3/b36-31?,37-30+. The molecule has 0 amide bonds. The lowest BCUT2D eigenvalue weighted by molar-refractivity contribution is 0.125. The molecule has 198 valence electrons. The number of amidine groups is 1. The summed E-state index contributed by atoms with van der Waals surface area (Å²) in [5.41, 5.74) is 11.2. The van der Waals surface area contributed by atoms with E-state index in [-0.39, 0.29) is 27.6 Å². The van der Waals surface area contributed by atoms with Crippen LogP contribution in [0.1, 0.15) is 129 Å². The van der Waals surface area contributed by atoms with E-state index in [0.717, 1.165) is 18.6 Å². The van der Waals surface area contributed by atoms with Crippen LogP contribution in [0.2, 0.25) is 0 Å². The molecule has 0 aliphatic heterocycles. The van der Waals surface area contributed by atoms with Crippen LogP contribution in [-0.4, -0.2) is 11.5 Å². The highest BCUT2D eigenvalue weighted by Crippen LogP contribution is 2.63. The van der Waals surface area contributed by atoms with E-state index in [1.54, 1.807) is 0 Å². The third kappa shape index (κ3) is 3.64. The second-order valence-corrected chi connectivity index (χ2v) is 14.6. The van der Waals surface area contributed by atoms with Crippen LogP contribution in [0.3, 0.4) is 0 Å². The summed E-state index contributed by atoms with van der Waals surface area (Å²) in [4.78, 5) is 5.00. The van der Waals surface area contributed by atoms with Gasteiger partial charge in [0.05, 0.1) is 5.71 Å². The summed E-state index contributed by atoms with van der Waals surface area (Å²) in [5.74, 6) is 1.20. The van der Waals surface area contributed by atoms with E-state index in [4.69, 9.17) is 10.4 Å². The van der Waals surface area contributed by atoms with Crippen LogP contribution in [-0.2, 0) is 16.2 Å². The zero-order valence-corrected chi connectivity index (χ0v) is 25.0. The highest BCUT2D eigenvalue weighted by molar-refractivity contribution is 6.09. The number of rotatable bonds is 3. The lowest BCUT2D eigenvalue weighted by Crippen LogP contribution is -2.42. The number of aliphatic imine (C=N–C) groups is 1. The lowest BCUT2D eigenvalue weighted by Gasteiger charge is -2.44. The van der Waals surface area contributed by atoms with Crippen LogP contribution in [0.4, 0.5) is 0 Å². The van der Waals surface area contributed by atoms with Crippen molar-refractivity contribution in [3.8, 4) is 11.1 Å². The molecule has 0 bridgehead atoms. The molecule has 0 unspecified atom stereocenters. The number of benzene rings is 2. The molecule has 1 fully saturated rings. The predicted octanol–water partition coefficient (Wildman–Crippen LogP) is 9.59. The average molecular weight is 497 g/mol. The second-order valence-electron chi connectivity index (χ2n) is 14.6. The monoisotopic (exact) mass is 496 g/mol. The fourth-order valence-corrected chi connectivity index (χ4v) is 7.55. The molecule has 0 spiro atoms. The molecule has 1 N–H and O–H groups in total. The third-order valence-corrected chi connectivity index (χ3v) is 11.4. The normalized spacial score (nSPS) is 23.1. The van der Waals surface area contributed by atoms with Gasteiger partial charge in [0.25, 0.3) is 0 Å². The number of fused-ring (bicyclic) bond motifs is 4. The van der Waals surface area contributed by atoms with Crippen molar-refractivity contribution in [3.05, 3.63) is 58.1 Å². The zero-order valence-electron chi connectivity index (χ0n) is 25.0. The molecule has 2 aromatic rings. The van der Waals surface area contributed by atoms with Gasteiger partial charge in [-0.2, -0.15) is 0 Å². The van der Waals surface area contributed by atoms with Gasteiger partial charge < -0.3 is 0 Å². The first-order valence-electron chi connectivity index (χ1n) is 14.6. The number of hydrogen-bond acceptors (Lipinski definition) is 1. The Bertz CT molecular complexity index is 1290. The fraction of sp³-hybridized carbons (Fsp3) is 0.600. The Morgan fingerprint density at radius 3 is 1.92 bits per heavy atom. The van der Waals surface area contributed by atoms with Gasteiger partial charge in [0.1, 0.15) is 5.84 Å². The quantitative estimate of drug-likeness (QED) is 0.324. The van der Waals surface area contributed by atoms with Crippen LogP contribution in [0.25, 0.3) is 11.1 Å². The van der Waals surface area contributed by atoms with Crippen LogP contribution in [0.15, 0.2) is 35.3 Å². The molecular weight excluding hydrogens is 448 g/mol. The van der Waals surface area contributed by atoms with E-state index in [1.165, 1.54) is 58.2 Å². The molecule has 3 aliphatic rings. The largest absolute Gasteiger partial charge is 0.286 e. The summed E-state index contributed by atoms with van der Waals surface area (Å²) in [6, 6.07) is 12.1. The summed E-state index contributed by atoms with van der Waals surface area (Å²) < 4.78 is 0. The molecule has 0 heterocycles. The molecule has 2 nitrogen and oxygen atoms in total. The molecule has 0 aromatic heterocycles. The number of nitrogens with one attached hydrogen (secondary N) is 1. The molecule has 0 atom stereocenters. The Labute approximate surface area is 225 Å². The van der Waals surface area contributed by atoms with Crippen molar-refractivity contribution in [2.45, 2.75) is 118 Å². The van der Waals surface area contributed by atoms with Gasteiger partial charge in [-0.1, -0.05) is 107 Å². The molecule has 0 saturated heterocycles. The van der Waals surface area contributed by atoms with Crippen LogP contribution < -0.4 is 0 Å². The van der Waals surface area contributed by atoms with Gasteiger partial charge in [0.2, 0.25) is 0 Å². The summed E-state index contributed by atoms with van der Waals surface area (Å²) in [5, 5.41) is 8.79. The smallest absolute Gasteiger partial charge is 0.123 e. The van der Waals surface area contributed by atoms with Crippen LogP contribution in [0, 0.1) is 22.7 Å². The van der Waals surface area contributed by atoms with E-state index < -0.39 is 0 Å². The highest BCUT2D eigenvalue weighted by Gasteiger charge is 2.57. The first kappa shape index (κ1) is 26.4. The van der Waals surface area contributed by atoms with Gasteiger partial charge in [-0.05, 0) is 86.1 Å². The predicted molar refractivity (Wildman–Crippen MR) is 160 cm³/mol. The van der Waals surface area contributed by atoms with E-state index >= 15 is 0 Å². The van der Waals surface area contributed by atoms with Gasteiger partial charge in [0, 0.05) is 11.3 Å². The van der Waals surface area contributed by atoms with E-state index in [2.05, 4.69) is 99.6 Å². The third-order valence-electron chi connectivity index (χ3n) is 11.4. The summed E-state index contributed by atoms with van der Waals surface area (Å²) in [6.45, 7) is 23.9. The minimum atomic E-state index is -0.0678. The fourth-order valence-electron chi connectivity index (χ4n) is 7.55. The maximum atomic E-state index is 8.79. The van der Waals surface area contributed by atoms with E-state index in [9.17, 15) is 0 Å². The van der Waals surface area contributed by atoms with Gasteiger partial charge in [0.15, 0.2) is 0 Å². The van der Waals surface area contributed by atoms with Crippen molar-refractivity contribution in [1.82, 2.24) is 0 Å². The minimum Gasteiger partial charge on any atom is -0.286 e. The molecule has 37 heavy (non-hydrogen) atoms. The van der Waals surface area contributed by atoms with Crippen LogP contribution >= 0.6 is 0 Å². The molecule has 3 aliphatic carbocycles. The lowest BCUT2D eigenvalue weighted by atomic mass is 9.59. The molecule has 0 radical (unpaired) electrons.